The summed E-state index contributed by atoms with van der Waals surface area (Å²) >= 11 is 11.9. The van der Waals surface area contributed by atoms with Crippen molar-refractivity contribution in [1.29, 1.82) is 0 Å². The molecule has 1 saturated heterocycles. The van der Waals surface area contributed by atoms with Crippen molar-refractivity contribution in [3.63, 3.8) is 0 Å². The van der Waals surface area contributed by atoms with E-state index < -0.39 is 11.9 Å². The molecule has 1 aliphatic heterocycles. The van der Waals surface area contributed by atoms with Gasteiger partial charge in [0.2, 0.25) is 5.91 Å². The molecule has 1 heterocycles. The number of aryl methyl sites for hydroxylation is 2. The summed E-state index contributed by atoms with van der Waals surface area (Å²) in [5, 5.41) is 2.85. The average molecular weight is 439 g/mol. The summed E-state index contributed by atoms with van der Waals surface area (Å²) in [6.07, 6.45) is -0.567. The molecule has 1 fully saturated rings. The summed E-state index contributed by atoms with van der Waals surface area (Å²) in [5.41, 5.74) is 3.04. The van der Waals surface area contributed by atoms with Gasteiger partial charge in [-0.15, -0.1) is 0 Å². The van der Waals surface area contributed by atoms with Crippen LogP contribution in [0.15, 0.2) is 30.3 Å². The first-order valence-corrected chi connectivity index (χ1v) is 9.91. The van der Waals surface area contributed by atoms with Crippen LogP contribution in [0, 0.1) is 19.7 Å². The Bertz CT molecular complexity index is 952. The highest BCUT2D eigenvalue weighted by molar-refractivity contribution is 6.35. The molecule has 5 nitrogen and oxygen atoms in total. The second-order valence-electron chi connectivity index (χ2n) is 6.97. The third kappa shape index (κ3) is 5.07. The molecule has 1 N–H and O–H groups in total. The van der Waals surface area contributed by atoms with Crippen LogP contribution in [0.3, 0.4) is 0 Å². The number of ether oxygens (including phenoxy) is 1. The van der Waals surface area contributed by atoms with E-state index in [9.17, 15) is 14.0 Å². The Hall–Kier alpha value is -2.15. The van der Waals surface area contributed by atoms with Gasteiger partial charge in [0.25, 0.3) is 5.91 Å². The van der Waals surface area contributed by atoms with Crippen LogP contribution in [-0.2, 0) is 9.53 Å². The van der Waals surface area contributed by atoms with Crippen molar-refractivity contribution in [2.24, 2.45) is 0 Å². The highest BCUT2D eigenvalue weighted by atomic mass is 35.5. The molecule has 154 valence electrons. The van der Waals surface area contributed by atoms with Crippen LogP contribution in [0.25, 0.3) is 0 Å². The summed E-state index contributed by atoms with van der Waals surface area (Å²) in [5.74, 6) is -1.16. The van der Waals surface area contributed by atoms with Crippen LogP contribution < -0.4 is 5.32 Å². The molecule has 3 rings (SSSR count). The van der Waals surface area contributed by atoms with E-state index in [-0.39, 0.29) is 41.6 Å². The molecule has 2 aromatic rings. The molecule has 2 amide bonds. The maximum Gasteiger partial charge on any atom is 0.251 e. The molecule has 0 spiro atoms. The minimum Gasteiger partial charge on any atom is -0.370 e. The van der Waals surface area contributed by atoms with Gasteiger partial charge in [-0.25, -0.2) is 4.39 Å². The molecule has 0 unspecified atom stereocenters. The molecule has 1 atom stereocenters. The van der Waals surface area contributed by atoms with Crippen LogP contribution in [0.4, 0.5) is 4.39 Å². The number of nitrogens with zero attached hydrogens (tertiary/aromatic N) is 1. The monoisotopic (exact) mass is 438 g/mol. The van der Waals surface area contributed by atoms with Gasteiger partial charge in [0.1, 0.15) is 11.9 Å². The van der Waals surface area contributed by atoms with E-state index in [4.69, 9.17) is 27.9 Å². The van der Waals surface area contributed by atoms with Crippen molar-refractivity contribution >= 4 is 35.0 Å². The van der Waals surface area contributed by atoms with E-state index in [0.29, 0.717) is 17.7 Å². The van der Waals surface area contributed by atoms with Crippen molar-refractivity contribution < 1.29 is 18.7 Å². The van der Waals surface area contributed by atoms with Crippen molar-refractivity contribution in [2.75, 3.05) is 26.2 Å². The topological polar surface area (TPSA) is 58.6 Å². The summed E-state index contributed by atoms with van der Waals surface area (Å²) in [6.45, 7) is 4.62. The van der Waals surface area contributed by atoms with Crippen molar-refractivity contribution in [2.45, 2.75) is 20.0 Å². The van der Waals surface area contributed by atoms with E-state index in [1.54, 1.807) is 17.0 Å². The fourth-order valence-electron chi connectivity index (χ4n) is 3.10. The third-order valence-corrected chi connectivity index (χ3v) is 5.59. The van der Waals surface area contributed by atoms with Crippen molar-refractivity contribution in [1.82, 2.24) is 10.2 Å². The summed E-state index contributed by atoms with van der Waals surface area (Å²) in [4.78, 5) is 26.4. The molecule has 0 radical (unpaired) electrons. The molecule has 0 saturated carbocycles. The number of hydrogen-bond acceptors (Lipinski definition) is 3. The van der Waals surface area contributed by atoms with Crippen molar-refractivity contribution in [3.05, 3.63) is 68.4 Å². The third-order valence-electron chi connectivity index (χ3n) is 4.97. The van der Waals surface area contributed by atoms with Gasteiger partial charge in [0, 0.05) is 22.7 Å². The molecular formula is C21H21Cl2FN2O3. The van der Waals surface area contributed by atoms with Crippen molar-refractivity contribution in [3.8, 4) is 0 Å². The second kappa shape index (κ2) is 9.11. The van der Waals surface area contributed by atoms with Crippen LogP contribution in [0.1, 0.15) is 33.2 Å². The minimum absolute atomic E-state index is 0.0726. The Morgan fingerprint density at radius 3 is 2.66 bits per heavy atom. The molecule has 1 aliphatic rings. The van der Waals surface area contributed by atoms with E-state index in [1.165, 1.54) is 12.1 Å². The molecule has 0 aliphatic carbocycles. The Balaban J connectivity index is 1.62. The Kier molecular flexibility index (Phi) is 6.77. The number of nitrogens with one attached hydrogen (secondary N) is 1. The summed E-state index contributed by atoms with van der Waals surface area (Å²) in [6, 6.07) is 7.93. The van der Waals surface area contributed by atoms with Gasteiger partial charge in [-0.05, 0) is 49.2 Å². The van der Waals surface area contributed by atoms with Crippen LogP contribution >= 0.6 is 23.2 Å². The predicted molar refractivity (Wildman–Crippen MR) is 110 cm³/mol. The first-order valence-electron chi connectivity index (χ1n) is 9.15. The van der Waals surface area contributed by atoms with Gasteiger partial charge in [-0.1, -0.05) is 29.3 Å². The molecular weight excluding hydrogens is 418 g/mol. The standard InChI is InChI=1S/C21H21Cl2FN2O3/c1-12-3-4-14(7-13(12)2)21(28)25-10-20(27)26-5-6-29-19(11-26)15-8-18(24)17(23)9-16(15)22/h3-4,7-9,19H,5-6,10-11H2,1-2H3,(H,25,28)/t19-/m0/s1. The zero-order valence-corrected chi connectivity index (χ0v) is 17.6. The van der Waals surface area contributed by atoms with Gasteiger partial charge in [-0.3, -0.25) is 9.59 Å². The van der Waals surface area contributed by atoms with E-state index in [0.717, 1.165) is 11.1 Å². The highest BCUT2D eigenvalue weighted by Gasteiger charge is 2.27. The van der Waals surface area contributed by atoms with Crippen LogP contribution in [0.2, 0.25) is 10.0 Å². The van der Waals surface area contributed by atoms with Gasteiger partial charge >= 0.3 is 0 Å². The zero-order valence-electron chi connectivity index (χ0n) is 16.1. The lowest BCUT2D eigenvalue weighted by Crippen LogP contribution is -2.46. The number of morpholine rings is 1. The lowest BCUT2D eigenvalue weighted by Gasteiger charge is -2.33. The van der Waals surface area contributed by atoms with E-state index in [2.05, 4.69) is 5.32 Å². The fraction of sp³-hybridized carbons (Fsp3) is 0.333. The maximum absolute atomic E-state index is 13.8. The number of amides is 2. The highest BCUT2D eigenvalue weighted by Crippen LogP contribution is 2.32. The Labute approximate surface area is 178 Å². The molecule has 2 aromatic carbocycles. The fourth-order valence-corrected chi connectivity index (χ4v) is 3.61. The average Bonchev–Trinajstić information content (AvgIpc) is 2.70. The van der Waals surface area contributed by atoms with Crippen LogP contribution in [-0.4, -0.2) is 43.0 Å². The van der Waals surface area contributed by atoms with E-state index >= 15 is 0 Å². The summed E-state index contributed by atoms with van der Waals surface area (Å²) < 4.78 is 19.5. The molecule has 29 heavy (non-hydrogen) atoms. The number of benzene rings is 2. The SMILES string of the molecule is Cc1ccc(C(=O)NCC(=O)N2CCO[C@H](c3cc(F)c(Cl)cc3Cl)C2)cc1C. The largest absolute Gasteiger partial charge is 0.370 e. The Morgan fingerprint density at radius 2 is 1.93 bits per heavy atom. The molecule has 0 aromatic heterocycles. The number of halogens is 3. The number of hydrogen-bond donors (Lipinski definition) is 1. The lowest BCUT2D eigenvalue weighted by molar-refractivity contribution is -0.137. The maximum atomic E-state index is 13.8. The molecule has 8 heteroatoms. The second-order valence-corrected chi connectivity index (χ2v) is 7.78. The molecule has 0 bridgehead atoms. The lowest BCUT2D eigenvalue weighted by atomic mass is 10.1. The predicted octanol–water partition coefficient (Wildman–Crippen LogP) is 4.08. The number of rotatable bonds is 4. The Morgan fingerprint density at radius 1 is 1.17 bits per heavy atom. The quantitative estimate of drug-likeness (QED) is 0.731. The first-order chi connectivity index (χ1) is 13.8. The summed E-state index contributed by atoms with van der Waals surface area (Å²) in [7, 11) is 0. The van der Waals surface area contributed by atoms with Gasteiger partial charge in [0.15, 0.2) is 0 Å². The minimum atomic E-state index is -0.598. The first kappa shape index (κ1) is 21.6. The number of carbonyl (C=O) groups excluding carboxylic acids is 2. The van der Waals surface area contributed by atoms with Crippen LogP contribution in [0.5, 0.6) is 0 Å². The normalized spacial score (nSPS) is 16.6. The van der Waals surface area contributed by atoms with Gasteiger partial charge in [0.05, 0.1) is 24.7 Å². The zero-order chi connectivity index (χ0) is 21.1. The number of carbonyl (C=O) groups is 2. The van der Waals surface area contributed by atoms with Gasteiger partial charge in [-0.2, -0.15) is 0 Å². The van der Waals surface area contributed by atoms with E-state index in [1.807, 2.05) is 19.9 Å². The smallest absolute Gasteiger partial charge is 0.251 e. The van der Waals surface area contributed by atoms with Gasteiger partial charge < -0.3 is 15.0 Å².